The van der Waals surface area contributed by atoms with E-state index in [0.717, 1.165) is 5.82 Å². The zero-order valence-electron chi connectivity index (χ0n) is 12.4. The van der Waals surface area contributed by atoms with Gasteiger partial charge in [0.25, 0.3) is 0 Å². The molecular formula is C13H17BrClN5O2S. The first-order chi connectivity index (χ1) is 10.5. The van der Waals surface area contributed by atoms with Crippen LogP contribution in [0.5, 0.6) is 0 Å². The summed E-state index contributed by atoms with van der Waals surface area (Å²) in [6.45, 7) is 1.54. The minimum Gasteiger partial charge on any atom is -0.337 e. The van der Waals surface area contributed by atoms with E-state index in [4.69, 9.17) is 0 Å². The fourth-order valence-corrected chi connectivity index (χ4v) is 4.65. The molecule has 1 aliphatic rings. The average Bonchev–Trinajstić information content (AvgIpc) is 2.93. The molecule has 3 rings (SSSR count). The van der Waals surface area contributed by atoms with Crippen LogP contribution < -0.4 is 5.32 Å². The van der Waals surface area contributed by atoms with Crippen molar-refractivity contribution in [1.82, 2.24) is 24.2 Å². The van der Waals surface area contributed by atoms with Crippen molar-refractivity contribution >= 4 is 38.4 Å². The summed E-state index contributed by atoms with van der Waals surface area (Å²) in [7, 11) is -1.77. The van der Waals surface area contributed by atoms with Crippen LogP contribution in [0.25, 0.3) is 0 Å². The molecule has 23 heavy (non-hydrogen) atoms. The van der Waals surface area contributed by atoms with Gasteiger partial charge in [-0.3, -0.25) is 4.98 Å². The lowest BCUT2D eigenvalue weighted by molar-refractivity contribution is 0.258. The van der Waals surface area contributed by atoms with Gasteiger partial charge in [0.15, 0.2) is 0 Å². The van der Waals surface area contributed by atoms with Crippen molar-refractivity contribution in [2.75, 3.05) is 19.6 Å². The summed E-state index contributed by atoms with van der Waals surface area (Å²) in [5.41, 5.74) is 0. The molecule has 0 spiro atoms. The van der Waals surface area contributed by atoms with Gasteiger partial charge in [-0.1, -0.05) is 0 Å². The highest BCUT2D eigenvalue weighted by Gasteiger charge is 2.36. The highest BCUT2D eigenvalue weighted by atomic mass is 79.9. The summed E-state index contributed by atoms with van der Waals surface area (Å²) < 4.78 is 29.9. The van der Waals surface area contributed by atoms with Crippen LogP contribution in [0.15, 0.2) is 40.2 Å². The van der Waals surface area contributed by atoms with Gasteiger partial charge < -0.3 is 9.88 Å². The van der Waals surface area contributed by atoms with Gasteiger partial charge in [-0.25, -0.2) is 13.4 Å². The molecular weight excluding hydrogens is 406 g/mol. The van der Waals surface area contributed by atoms with Crippen LogP contribution in [0.1, 0.15) is 11.9 Å². The maximum atomic E-state index is 13.0. The van der Waals surface area contributed by atoms with E-state index < -0.39 is 10.0 Å². The molecule has 1 saturated heterocycles. The van der Waals surface area contributed by atoms with Crippen molar-refractivity contribution in [3.8, 4) is 0 Å². The first kappa shape index (κ1) is 18.3. The van der Waals surface area contributed by atoms with Gasteiger partial charge in [-0.05, 0) is 22.0 Å². The van der Waals surface area contributed by atoms with E-state index in [1.165, 1.54) is 10.5 Å². The van der Waals surface area contributed by atoms with Crippen LogP contribution in [-0.2, 0) is 17.1 Å². The van der Waals surface area contributed by atoms with Crippen LogP contribution in [-0.4, -0.2) is 46.9 Å². The molecule has 1 fully saturated rings. The second-order valence-electron chi connectivity index (χ2n) is 5.07. The number of rotatable bonds is 3. The van der Waals surface area contributed by atoms with Gasteiger partial charge in [-0.2, -0.15) is 4.31 Å². The van der Waals surface area contributed by atoms with Crippen molar-refractivity contribution < 1.29 is 8.42 Å². The number of hydrogen-bond acceptors (Lipinski definition) is 5. The Morgan fingerprint density at radius 2 is 2.17 bits per heavy atom. The van der Waals surface area contributed by atoms with Crippen molar-refractivity contribution in [1.29, 1.82) is 0 Å². The monoisotopic (exact) mass is 421 g/mol. The zero-order chi connectivity index (χ0) is 15.7. The Balaban J connectivity index is 0.00000192. The van der Waals surface area contributed by atoms with Gasteiger partial charge in [0.1, 0.15) is 10.7 Å². The number of nitrogens with zero attached hydrogens (tertiary/aromatic N) is 4. The Morgan fingerprint density at radius 1 is 1.39 bits per heavy atom. The molecule has 1 N–H and O–H groups in total. The third-order valence-corrected chi connectivity index (χ3v) is 5.94. The van der Waals surface area contributed by atoms with Gasteiger partial charge in [0, 0.05) is 55.9 Å². The number of aromatic nitrogens is 3. The lowest BCUT2D eigenvalue weighted by Crippen LogP contribution is -2.49. The molecule has 3 heterocycles. The smallest absolute Gasteiger partial charge is 0.245 e. The third-order valence-electron chi connectivity index (χ3n) is 3.64. The standard InChI is InChI=1S/C13H16BrN5O2S.ClH/c1-18-4-3-17-13(18)12-9-15-2-5-19(12)22(20,21)11-6-10(14)7-16-8-11;/h3-4,6-8,12,15H,2,5,9H2,1H3;1H. The van der Waals surface area contributed by atoms with Crippen LogP contribution in [0.2, 0.25) is 0 Å². The molecule has 1 unspecified atom stereocenters. The van der Waals surface area contributed by atoms with Crippen LogP contribution in [0.4, 0.5) is 0 Å². The van der Waals surface area contributed by atoms with Gasteiger partial charge >= 0.3 is 0 Å². The topological polar surface area (TPSA) is 80.1 Å². The summed E-state index contributed by atoms with van der Waals surface area (Å²) in [4.78, 5) is 8.45. The van der Waals surface area contributed by atoms with E-state index in [9.17, 15) is 8.42 Å². The van der Waals surface area contributed by atoms with Crippen molar-refractivity contribution in [2.24, 2.45) is 7.05 Å². The Morgan fingerprint density at radius 3 is 2.83 bits per heavy atom. The number of pyridine rings is 1. The van der Waals surface area contributed by atoms with E-state index in [1.807, 2.05) is 17.8 Å². The molecule has 0 amide bonds. The number of aryl methyl sites for hydroxylation is 1. The summed E-state index contributed by atoms with van der Waals surface area (Å²) >= 11 is 3.27. The number of piperazine rings is 1. The van der Waals surface area contributed by atoms with Gasteiger partial charge in [0.05, 0.1) is 6.04 Å². The number of nitrogens with one attached hydrogen (secondary N) is 1. The largest absolute Gasteiger partial charge is 0.337 e. The molecule has 0 aliphatic carbocycles. The van der Waals surface area contributed by atoms with Crippen LogP contribution >= 0.6 is 28.3 Å². The Labute approximate surface area is 149 Å². The summed E-state index contributed by atoms with van der Waals surface area (Å²) in [5.74, 6) is 0.721. The number of hydrogen-bond donors (Lipinski definition) is 1. The number of imidazole rings is 1. The second-order valence-corrected chi connectivity index (χ2v) is 7.88. The zero-order valence-corrected chi connectivity index (χ0v) is 15.6. The fraction of sp³-hybridized carbons (Fsp3) is 0.385. The molecule has 1 atom stereocenters. The Bertz CT molecular complexity index is 782. The fourth-order valence-electron chi connectivity index (χ4n) is 2.56. The quantitative estimate of drug-likeness (QED) is 0.807. The molecule has 0 bridgehead atoms. The van der Waals surface area contributed by atoms with Gasteiger partial charge in [0.2, 0.25) is 10.0 Å². The molecule has 10 heteroatoms. The van der Waals surface area contributed by atoms with Crippen molar-refractivity contribution in [3.63, 3.8) is 0 Å². The van der Waals surface area contributed by atoms with Gasteiger partial charge in [-0.15, -0.1) is 12.4 Å². The SMILES string of the molecule is Cl.Cn1ccnc1C1CNCCN1S(=O)(=O)c1cncc(Br)c1. The summed E-state index contributed by atoms with van der Waals surface area (Å²) in [6.07, 6.45) is 6.43. The molecule has 2 aromatic heterocycles. The molecule has 0 saturated carbocycles. The minimum atomic E-state index is -3.63. The molecule has 0 radical (unpaired) electrons. The van der Waals surface area contributed by atoms with Crippen molar-refractivity contribution in [2.45, 2.75) is 10.9 Å². The predicted molar refractivity (Wildman–Crippen MR) is 91.9 cm³/mol. The van der Waals surface area contributed by atoms with E-state index in [1.54, 1.807) is 18.5 Å². The van der Waals surface area contributed by atoms with Crippen molar-refractivity contribution in [3.05, 3.63) is 41.2 Å². The molecule has 7 nitrogen and oxygen atoms in total. The molecule has 1 aliphatic heterocycles. The van der Waals surface area contributed by atoms with E-state index in [2.05, 4.69) is 31.2 Å². The lowest BCUT2D eigenvalue weighted by Gasteiger charge is -2.34. The Hall–Kier alpha value is -1.00. The first-order valence-electron chi connectivity index (χ1n) is 6.80. The highest BCUT2D eigenvalue weighted by molar-refractivity contribution is 9.10. The average molecular weight is 423 g/mol. The number of sulfonamides is 1. The molecule has 2 aromatic rings. The van der Waals surface area contributed by atoms with E-state index >= 15 is 0 Å². The molecule has 0 aromatic carbocycles. The normalized spacial score (nSPS) is 19.3. The van der Waals surface area contributed by atoms with E-state index in [-0.39, 0.29) is 23.3 Å². The lowest BCUT2D eigenvalue weighted by atomic mass is 10.2. The molecule has 126 valence electrons. The van der Waals surface area contributed by atoms with Crippen LogP contribution in [0.3, 0.4) is 0 Å². The van der Waals surface area contributed by atoms with E-state index in [0.29, 0.717) is 24.1 Å². The second kappa shape index (κ2) is 7.27. The third kappa shape index (κ3) is 3.58. The Kier molecular flexibility index (Phi) is 5.79. The summed E-state index contributed by atoms with van der Waals surface area (Å²) in [6, 6.07) is 1.23. The summed E-state index contributed by atoms with van der Waals surface area (Å²) in [5, 5.41) is 3.23. The minimum absolute atomic E-state index is 0. The predicted octanol–water partition coefficient (Wildman–Crippen LogP) is 1.33. The maximum Gasteiger partial charge on any atom is 0.245 e. The highest BCUT2D eigenvalue weighted by Crippen LogP contribution is 2.28. The van der Waals surface area contributed by atoms with Crippen LogP contribution in [0, 0.1) is 0 Å². The first-order valence-corrected chi connectivity index (χ1v) is 9.04. The number of halogens is 2. The maximum absolute atomic E-state index is 13.0.